The van der Waals surface area contributed by atoms with E-state index in [2.05, 4.69) is 5.32 Å². The molecular formula is C37H54FN5O8. The smallest absolute Gasteiger partial charge is 0.410 e. The molecule has 1 aromatic heterocycles. The Labute approximate surface area is 300 Å². The first-order chi connectivity index (χ1) is 23.3. The first kappa shape index (κ1) is 42.4. The van der Waals surface area contributed by atoms with Gasteiger partial charge in [-0.25, -0.2) is 14.0 Å². The van der Waals surface area contributed by atoms with E-state index in [4.69, 9.17) is 9.57 Å². The molecule has 2 atom stereocenters. The number of fused-ring (bicyclic) bond motifs is 1. The zero-order valence-electron chi connectivity index (χ0n) is 32.2. The number of nitrogens with one attached hydrogen (secondary N) is 1. The van der Waals surface area contributed by atoms with E-state index in [0.717, 1.165) is 5.06 Å². The van der Waals surface area contributed by atoms with Crippen LogP contribution in [-0.2, 0) is 46.0 Å². The fourth-order valence-electron chi connectivity index (χ4n) is 5.57. The summed E-state index contributed by atoms with van der Waals surface area (Å²) in [5.41, 5.74) is -1.36. The molecule has 0 saturated carbocycles. The lowest BCUT2D eigenvalue weighted by Crippen LogP contribution is -2.62. The summed E-state index contributed by atoms with van der Waals surface area (Å²) in [6.07, 6.45) is 2.98. The van der Waals surface area contributed by atoms with Crippen molar-refractivity contribution in [3.63, 3.8) is 0 Å². The van der Waals surface area contributed by atoms with Crippen LogP contribution in [0.25, 0.3) is 10.9 Å². The van der Waals surface area contributed by atoms with Crippen LogP contribution < -0.4 is 5.32 Å². The van der Waals surface area contributed by atoms with E-state index in [0.29, 0.717) is 22.8 Å². The van der Waals surface area contributed by atoms with Crippen LogP contribution in [0.4, 0.5) is 9.18 Å². The Morgan fingerprint density at radius 3 is 2.16 bits per heavy atom. The van der Waals surface area contributed by atoms with Gasteiger partial charge in [0.1, 0.15) is 29.8 Å². The highest BCUT2D eigenvalue weighted by atomic mass is 19.1. The lowest BCUT2D eigenvalue weighted by atomic mass is 9.76. The van der Waals surface area contributed by atoms with E-state index >= 15 is 0 Å². The second-order valence-electron chi connectivity index (χ2n) is 15.4. The summed E-state index contributed by atoms with van der Waals surface area (Å²) < 4.78 is 21.6. The van der Waals surface area contributed by atoms with Gasteiger partial charge in [0.25, 0.3) is 5.91 Å². The Balaban J connectivity index is 2.45. The van der Waals surface area contributed by atoms with Crippen LogP contribution in [0.1, 0.15) is 80.7 Å². The summed E-state index contributed by atoms with van der Waals surface area (Å²) in [6, 6.07) is 2.09. The SMILES string of the molecule is C/C(=C\CN(C)C(=O)C(NC(=O)C(N(C)C(=O)OC(C)(C)C)C(C)(C)c1cn(C)c2cc(F)ccc12)C(C)(C)C)C(=O)ON(C)C(=O)CCC=O. The number of hydroxylamine groups is 2. The molecule has 51 heavy (non-hydrogen) atoms. The van der Waals surface area contributed by atoms with Crippen LogP contribution in [0.2, 0.25) is 0 Å². The number of rotatable bonds is 12. The van der Waals surface area contributed by atoms with Gasteiger partial charge in [-0.05, 0) is 56.9 Å². The Morgan fingerprint density at radius 1 is 1.00 bits per heavy atom. The first-order valence-corrected chi connectivity index (χ1v) is 16.7. The summed E-state index contributed by atoms with van der Waals surface area (Å²) in [7, 11) is 6.01. The predicted molar refractivity (Wildman–Crippen MR) is 191 cm³/mol. The molecule has 2 unspecified atom stereocenters. The molecule has 0 aliphatic rings. The number of hydrogen-bond donors (Lipinski definition) is 1. The maximum atomic E-state index is 14.5. The first-order valence-electron chi connectivity index (χ1n) is 16.7. The molecule has 0 aliphatic heterocycles. The van der Waals surface area contributed by atoms with Crippen molar-refractivity contribution < 1.29 is 42.7 Å². The summed E-state index contributed by atoms with van der Waals surface area (Å²) in [5, 5.41) is 4.36. The number of hydrogen-bond acceptors (Lipinski definition) is 8. The van der Waals surface area contributed by atoms with Gasteiger partial charge in [0, 0.05) is 70.1 Å². The van der Waals surface area contributed by atoms with Crippen molar-refractivity contribution in [2.24, 2.45) is 12.5 Å². The molecule has 4 amide bonds. The molecule has 282 valence electrons. The molecule has 0 saturated heterocycles. The molecule has 0 spiro atoms. The predicted octanol–water partition coefficient (Wildman–Crippen LogP) is 4.66. The number of nitrogens with zero attached hydrogens (tertiary/aromatic N) is 4. The highest BCUT2D eigenvalue weighted by molar-refractivity contribution is 5.94. The lowest BCUT2D eigenvalue weighted by Gasteiger charge is -2.41. The minimum Gasteiger partial charge on any atom is -0.444 e. The van der Waals surface area contributed by atoms with Gasteiger partial charge in [0.05, 0.1) is 5.52 Å². The second-order valence-corrected chi connectivity index (χ2v) is 15.4. The van der Waals surface area contributed by atoms with E-state index in [1.165, 1.54) is 56.1 Å². The minimum atomic E-state index is -1.20. The maximum absolute atomic E-state index is 14.5. The van der Waals surface area contributed by atoms with Crippen LogP contribution in [0.3, 0.4) is 0 Å². The molecule has 2 rings (SSSR count). The van der Waals surface area contributed by atoms with Gasteiger partial charge in [-0.15, -0.1) is 0 Å². The van der Waals surface area contributed by atoms with Crippen molar-refractivity contribution in [1.29, 1.82) is 0 Å². The number of benzene rings is 1. The van der Waals surface area contributed by atoms with Crippen molar-refractivity contribution in [3.05, 3.63) is 47.4 Å². The van der Waals surface area contributed by atoms with Gasteiger partial charge in [-0.2, -0.15) is 5.06 Å². The monoisotopic (exact) mass is 715 g/mol. The van der Waals surface area contributed by atoms with Gasteiger partial charge in [0.2, 0.25) is 11.8 Å². The molecule has 13 nitrogen and oxygen atoms in total. The Bertz CT molecular complexity index is 1670. The molecule has 0 aliphatic carbocycles. The number of aryl methyl sites for hydroxylation is 1. The number of aldehydes is 1. The van der Waals surface area contributed by atoms with E-state index in [1.54, 1.807) is 79.3 Å². The Kier molecular flexibility index (Phi) is 13.7. The Morgan fingerprint density at radius 2 is 1.61 bits per heavy atom. The zero-order chi connectivity index (χ0) is 39.2. The third-order valence-electron chi connectivity index (χ3n) is 8.46. The molecule has 0 radical (unpaired) electrons. The minimum absolute atomic E-state index is 0.00610. The van der Waals surface area contributed by atoms with Crippen LogP contribution in [0.15, 0.2) is 36.0 Å². The fourth-order valence-corrected chi connectivity index (χ4v) is 5.57. The molecule has 1 N–H and O–H groups in total. The van der Waals surface area contributed by atoms with Gasteiger partial charge in [-0.1, -0.05) is 40.7 Å². The number of likely N-dealkylation sites (N-methyl/N-ethyl adjacent to an activating group) is 2. The van der Waals surface area contributed by atoms with Crippen molar-refractivity contribution in [2.75, 3.05) is 27.7 Å². The molecule has 1 heterocycles. The van der Waals surface area contributed by atoms with E-state index in [1.807, 2.05) is 0 Å². The van der Waals surface area contributed by atoms with Crippen molar-refractivity contribution in [2.45, 2.75) is 98.3 Å². The third kappa shape index (κ3) is 10.9. The van der Waals surface area contributed by atoms with E-state index < -0.39 is 64.1 Å². The van der Waals surface area contributed by atoms with Gasteiger partial charge in [-0.3, -0.25) is 19.3 Å². The normalized spacial score (nSPS) is 13.6. The van der Waals surface area contributed by atoms with Crippen LogP contribution in [0.5, 0.6) is 0 Å². The summed E-state index contributed by atoms with van der Waals surface area (Å²) in [5.74, 6) is -2.87. The van der Waals surface area contributed by atoms with Gasteiger partial charge >= 0.3 is 12.1 Å². The quantitative estimate of drug-likeness (QED) is 0.190. The number of amides is 4. The number of carbonyl (C=O) groups excluding carboxylic acids is 6. The molecular weight excluding hydrogens is 661 g/mol. The molecule has 0 fully saturated rings. The average molecular weight is 716 g/mol. The van der Waals surface area contributed by atoms with E-state index in [9.17, 15) is 33.2 Å². The standard InChI is InChI=1S/C37H54FN5O8/c1-23(33(48)51-43(13)28(45)15-14-20-44)18-19-40(10)32(47)29(35(2,3)4)39-31(46)30(42(12)34(49)50-36(5,6)7)37(8,9)26-22-41(11)27-21-24(38)16-17-25(26)27/h16-18,20-22,29-30H,14-15,19H2,1-13H3,(H,39,46)/b23-18+. The maximum Gasteiger partial charge on any atom is 0.410 e. The highest BCUT2D eigenvalue weighted by Crippen LogP contribution is 2.37. The topological polar surface area (TPSA) is 148 Å². The third-order valence-corrected chi connectivity index (χ3v) is 8.46. The number of carbonyl (C=O) groups is 6. The van der Waals surface area contributed by atoms with Crippen LogP contribution in [0, 0.1) is 11.2 Å². The van der Waals surface area contributed by atoms with Crippen molar-refractivity contribution in [3.8, 4) is 0 Å². The molecule has 14 heteroatoms. The molecule has 1 aromatic carbocycles. The fraction of sp³-hybridized carbons (Fsp3) is 0.568. The highest BCUT2D eigenvalue weighted by Gasteiger charge is 2.46. The second kappa shape index (κ2) is 16.5. The number of halogens is 1. The molecule has 0 bridgehead atoms. The van der Waals surface area contributed by atoms with Gasteiger partial charge < -0.3 is 29.2 Å². The largest absolute Gasteiger partial charge is 0.444 e. The zero-order valence-corrected chi connectivity index (χ0v) is 32.2. The van der Waals surface area contributed by atoms with Crippen LogP contribution >= 0.6 is 0 Å². The summed E-state index contributed by atoms with van der Waals surface area (Å²) in [6.45, 7) is 15.5. The Hall–Kier alpha value is -4.75. The van der Waals surface area contributed by atoms with Crippen LogP contribution in [-0.4, -0.2) is 101 Å². The summed E-state index contributed by atoms with van der Waals surface area (Å²) in [4.78, 5) is 84.7. The van der Waals surface area contributed by atoms with Crippen molar-refractivity contribution >= 4 is 47.0 Å². The van der Waals surface area contributed by atoms with Gasteiger partial charge in [0.15, 0.2) is 0 Å². The van der Waals surface area contributed by atoms with Crippen molar-refractivity contribution in [1.82, 2.24) is 24.7 Å². The number of aromatic nitrogens is 1. The number of ether oxygens (including phenoxy) is 1. The lowest BCUT2D eigenvalue weighted by molar-refractivity contribution is -0.189. The average Bonchev–Trinajstić information content (AvgIpc) is 3.35. The summed E-state index contributed by atoms with van der Waals surface area (Å²) >= 11 is 0. The molecule has 2 aromatic rings. The van der Waals surface area contributed by atoms with E-state index in [-0.39, 0.29) is 25.0 Å².